The molecule has 10 heteroatoms. The van der Waals surface area contributed by atoms with Crippen molar-refractivity contribution in [1.82, 2.24) is 15.5 Å². The number of hydrogen-bond acceptors (Lipinski definition) is 7. The summed E-state index contributed by atoms with van der Waals surface area (Å²) in [6, 6.07) is 1.64. The fourth-order valence-electron chi connectivity index (χ4n) is 2.82. The van der Waals surface area contributed by atoms with Crippen molar-refractivity contribution in [3.05, 3.63) is 17.3 Å². The van der Waals surface area contributed by atoms with Crippen molar-refractivity contribution < 1.29 is 23.2 Å². The Balaban J connectivity index is 2.96. The van der Waals surface area contributed by atoms with Gasteiger partial charge in [0.05, 0.1) is 12.5 Å². The van der Waals surface area contributed by atoms with E-state index in [4.69, 9.17) is 0 Å². The van der Waals surface area contributed by atoms with E-state index in [0.29, 0.717) is 22.7 Å². The standard InChI is InChI=1S/C17H28N4O5S/c1-5-6-7-8-14(10-21(24)11-22)17(23)20-19-16-15(27(4,25)26)12(2)9-13(3)18-16/h9,11,14,24H,5-8,10H2,1-4H3,(H,18,19)(H,20,23). The molecular formula is C17H28N4O5S. The minimum Gasteiger partial charge on any atom is -0.286 e. The van der Waals surface area contributed by atoms with Gasteiger partial charge in [0.15, 0.2) is 15.7 Å². The Morgan fingerprint density at radius 3 is 2.59 bits per heavy atom. The molecule has 0 radical (unpaired) electrons. The summed E-state index contributed by atoms with van der Waals surface area (Å²) >= 11 is 0. The van der Waals surface area contributed by atoms with Crippen LogP contribution in [0.1, 0.15) is 43.9 Å². The SMILES string of the molecule is CCCCCC(CN(O)C=O)C(=O)NNc1nc(C)cc(C)c1S(C)(=O)=O. The van der Waals surface area contributed by atoms with Crippen LogP contribution in [0.3, 0.4) is 0 Å². The monoisotopic (exact) mass is 400 g/mol. The summed E-state index contributed by atoms with van der Waals surface area (Å²) < 4.78 is 24.1. The fraction of sp³-hybridized carbons (Fsp3) is 0.588. The number of anilines is 1. The predicted molar refractivity (Wildman–Crippen MR) is 101 cm³/mol. The lowest BCUT2D eigenvalue weighted by Gasteiger charge is -2.20. The highest BCUT2D eigenvalue weighted by atomic mass is 32.2. The quantitative estimate of drug-likeness (QED) is 0.223. The molecule has 0 aliphatic carbocycles. The van der Waals surface area contributed by atoms with Gasteiger partial charge in [-0.15, -0.1) is 0 Å². The van der Waals surface area contributed by atoms with Gasteiger partial charge in [0, 0.05) is 11.9 Å². The molecule has 1 unspecified atom stereocenters. The van der Waals surface area contributed by atoms with E-state index in [1.54, 1.807) is 19.9 Å². The third kappa shape index (κ3) is 7.14. The topological polar surface area (TPSA) is 129 Å². The predicted octanol–water partition coefficient (Wildman–Crippen LogP) is 1.59. The number of hydrogen-bond donors (Lipinski definition) is 3. The Hall–Kier alpha value is -2.20. The van der Waals surface area contributed by atoms with Gasteiger partial charge in [-0.1, -0.05) is 26.2 Å². The second-order valence-electron chi connectivity index (χ2n) is 6.56. The van der Waals surface area contributed by atoms with Crippen LogP contribution in [0.4, 0.5) is 5.82 Å². The van der Waals surface area contributed by atoms with Crippen LogP contribution in [0.15, 0.2) is 11.0 Å². The van der Waals surface area contributed by atoms with Crippen molar-refractivity contribution >= 4 is 28.0 Å². The number of sulfone groups is 1. The van der Waals surface area contributed by atoms with E-state index in [1.807, 2.05) is 6.92 Å². The first kappa shape index (κ1) is 22.8. The Morgan fingerprint density at radius 1 is 1.37 bits per heavy atom. The van der Waals surface area contributed by atoms with Gasteiger partial charge in [-0.25, -0.2) is 18.5 Å². The third-order valence-electron chi connectivity index (χ3n) is 4.02. The summed E-state index contributed by atoms with van der Waals surface area (Å²) in [7, 11) is -3.56. The molecule has 27 heavy (non-hydrogen) atoms. The Labute approximate surface area is 160 Å². The summed E-state index contributed by atoms with van der Waals surface area (Å²) in [5.41, 5.74) is 6.15. The summed E-state index contributed by atoms with van der Waals surface area (Å²) in [6.07, 6.45) is 4.43. The molecule has 3 N–H and O–H groups in total. The van der Waals surface area contributed by atoms with E-state index in [2.05, 4.69) is 15.8 Å². The van der Waals surface area contributed by atoms with Crippen molar-refractivity contribution in [2.45, 2.75) is 51.3 Å². The molecule has 0 aromatic carbocycles. The average Bonchev–Trinajstić information content (AvgIpc) is 2.56. The number of carbonyl (C=O) groups is 2. The molecule has 1 heterocycles. The van der Waals surface area contributed by atoms with E-state index in [0.717, 1.165) is 25.5 Å². The lowest BCUT2D eigenvalue weighted by molar-refractivity contribution is -0.154. The second-order valence-corrected chi connectivity index (χ2v) is 8.52. The van der Waals surface area contributed by atoms with E-state index in [1.165, 1.54) is 0 Å². The number of amides is 2. The van der Waals surface area contributed by atoms with Gasteiger partial charge >= 0.3 is 0 Å². The van der Waals surface area contributed by atoms with Crippen molar-refractivity contribution in [2.75, 3.05) is 18.2 Å². The van der Waals surface area contributed by atoms with Gasteiger partial charge in [0.2, 0.25) is 12.3 Å². The summed E-state index contributed by atoms with van der Waals surface area (Å²) in [5, 5.41) is 9.84. The molecule has 1 rings (SSSR count). The van der Waals surface area contributed by atoms with Gasteiger partial charge in [0.1, 0.15) is 4.90 Å². The minimum absolute atomic E-state index is 0.00705. The molecule has 2 amide bonds. The number of pyridine rings is 1. The Morgan fingerprint density at radius 2 is 2.04 bits per heavy atom. The van der Waals surface area contributed by atoms with Crippen LogP contribution in [0.25, 0.3) is 0 Å². The van der Waals surface area contributed by atoms with E-state index in [9.17, 15) is 23.2 Å². The zero-order valence-corrected chi connectivity index (χ0v) is 17.0. The number of nitrogens with one attached hydrogen (secondary N) is 2. The molecule has 0 fully saturated rings. The maximum Gasteiger partial charge on any atom is 0.243 e. The molecule has 0 saturated heterocycles. The number of aromatic nitrogens is 1. The van der Waals surface area contributed by atoms with Crippen LogP contribution in [0.2, 0.25) is 0 Å². The summed E-state index contributed by atoms with van der Waals surface area (Å²) in [6.45, 7) is 5.24. The van der Waals surface area contributed by atoms with Crippen LogP contribution in [0, 0.1) is 19.8 Å². The number of hydroxylamine groups is 2. The molecule has 0 aliphatic rings. The first-order chi connectivity index (χ1) is 12.6. The van der Waals surface area contributed by atoms with Crippen LogP contribution in [0.5, 0.6) is 0 Å². The smallest absolute Gasteiger partial charge is 0.243 e. The molecule has 9 nitrogen and oxygen atoms in total. The van der Waals surface area contributed by atoms with E-state index >= 15 is 0 Å². The van der Waals surface area contributed by atoms with Gasteiger partial charge in [0.25, 0.3) is 0 Å². The summed E-state index contributed by atoms with van der Waals surface area (Å²) in [4.78, 5) is 27.3. The molecular weight excluding hydrogens is 372 g/mol. The van der Waals surface area contributed by atoms with Gasteiger partial charge in [-0.2, -0.15) is 0 Å². The first-order valence-electron chi connectivity index (χ1n) is 8.75. The Kier molecular flexibility index (Phi) is 8.64. The average molecular weight is 401 g/mol. The van der Waals surface area contributed by atoms with Crippen LogP contribution in [-0.4, -0.2) is 48.8 Å². The van der Waals surface area contributed by atoms with Crippen LogP contribution >= 0.6 is 0 Å². The van der Waals surface area contributed by atoms with Crippen LogP contribution < -0.4 is 10.9 Å². The molecule has 0 saturated carbocycles. The molecule has 0 spiro atoms. The lowest BCUT2D eigenvalue weighted by Crippen LogP contribution is -2.40. The molecule has 1 atom stereocenters. The molecule has 1 aromatic rings. The van der Waals surface area contributed by atoms with E-state index < -0.39 is 21.7 Å². The van der Waals surface area contributed by atoms with Crippen molar-refractivity contribution in [1.29, 1.82) is 0 Å². The minimum atomic E-state index is -3.56. The maximum atomic E-state index is 12.5. The number of hydrazine groups is 1. The van der Waals surface area contributed by atoms with Gasteiger partial charge in [-0.3, -0.25) is 25.6 Å². The maximum absolute atomic E-state index is 12.5. The zero-order valence-electron chi connectivity index (χ0n) is 16.2. The first-order valence-corrected chi connectivity index (χ1v) is 10.6. The van der Waals surface area contributed by atoms with Gasteiger partial charge in [-0.05, 0) is 31.9 Å². The van der Waals surface area contributed by atoms with Crippen molar-refractivity contribution in [2.24, 2.45) is 5.92 Å². The molecule has 0 bridgehead atoms. The normalized spacial score (nSPS) is 12.3. The summed E-state index contributed by atoms with van der Waals surface area (Å²) in [5.74, 6) is -1.08. The van der Waals surface area contributed by atoms with Crippen molar-refractivity contribution in [3.63, 3.8) is 0 Å². The van der Waals surface area contributed by atoms with Crippen molar-refractivity contribution in [3.8, 4) is 0 Å². The second kappa shape index (κ2) is 10.2. The molecule has 1 aromatic heterocycles. The van der Waals surface area contributed by atoms with E-state index in [-0.39, 0.29) is 23.7 Å². The number of nitrogens with zero attached hydrogens (tertiary/aromatic N) is 2. The zero-order chi connectivity index (χ0) is 20.6. The largest absolute Gasteiger partial charge is 0.286 e. The van der Waals surface area contributed by atoms with Crippen LogP contribution in [-0.2, 0) is 19.4 Å². The lowest BCUT2D eigenvalue weighted by atomic mass is 10.0. The Bertz CT molecular complexity index is 767. The molecule has 0 aliphatic heterocycles. The molecule has 152 valence electrons. The number of carbonyl (C=O) groups excluding carboxylic acids is 2. The number of unbranched alkanes of at least 4 members (excludes halogenated alkanes) is 2. The highest BCUT2D eigenvalue weighted by molar-refractivity contribution is 7.91. The fourth-order valence-corrected chi connectivity index (χ4v) is 3.91. The third-order valence-corrected chi connectivity index (χ3v) is 5.27. The number of rotatable bonds is 11. The highest BCUT2D eigenvalue weighted by Crippen LogP contribution is 2.23. The number of aryl methyl sites for hydroxylation is 2. The highest BCUT2D eigenvalue weighted by Gasteiger charge is 2.23. The van der Waals surface area contributed by atoms with Gasteiger partial charge < -0.3 is 0 Å².